The van der Waals surface area contributed by atoms with E-state index in [0.29, 0.717) is 6.54 Å². The molecule has 0 saturated carbocycles. The Morgan fingerprint density at radius 3 is 2.79 bits per heavy atom. The van der Waals surface area contributed by atoms with Gasteiger partial charge in [0.25, 0.3) is 5.69 Å². The Hall–Kier alpha value is -2.76. The van der Waals surface area contributed by atoms with Crippen LogP contribution in [0.1, 0.15) is 5.56 Å². The van der Waals surface area contributed by atoms with Gasteiger partial charge in [-0.3, -0.25) is 10.1 Å². The number of hydrogen-bond donors (Lipinski definition) is 1. The molecule has 0 aliphatic rings. The Bertz CT molecular complexity index is 734. The topological polar surface area (TPSA) is 75.7 Å². The summed E-state index contributed by atoms with van der Waals surface area (Å²) in [5.74, 6) is 0. The molecule has 0 aliphatic carbocycles. The molecule has 94 valence electrons. The van der Waals surface area contributed by atoms with E-state index in [1.807, 2.05) is 23.0 Å². The largest absolute Gasteiger partial charge is 0.340 e. The van der Waals surface area contributed by atoms with E-state index in [1.165, 1.54) is 12.1 Å². The fourth-order valence-electron chi connectivity index (χ4n) is 1.96. The van der Waals surface area contributed by atoms with Gasteiger partial charge in [0.15, 0.2) is 18.9 Å². The fraction of sp³-hybridized carbons (Fsp3) is 0.0769. The van der Waals surface area contributed by atoms with Crippen LogP contribution in [0, 0.1) is 10.1 Å². The van der Waals surface area contributed by atoms with Crippen LogP contribution in [-0.4, -0.2) is 14.9 Å². The van der Waals surface area contributed by atoms with Gasteiger partial charge in [0.2, 0.25) is 0 Å². The van der Waals surface area contributed by atoms with Crippen molar-refractivity contribution < 1.29 is 9.49 Å². The molecule has 0 unspecified atom stereocenters. The highest BCUT2D eigenvalue weighted by Gasteiger charge is 2.08. The van der Waals surface area contributed by atoms with Crippen LogP contribution in [0.15, 0.2) is 49.1 Å². The van der Waals surface area contributed by atoms with Crippen LogP contribution < -0.4 is 4.57 Å². The first-order chi connectivity index (χ1) is 9.22. The summed E-state index contributed by atoms with van der Waals surface area (Å²) in [5, 5.41) is 10.6. The number of rotatable bonds is 3. The number of imidazole rings is 1. The first-order valence-corrected chi connectivity index (χ1v) is 5.78. The number of nitrogens with one attached hydrogen (secondary N) is 1. The summed E-state index contributed by atoms with van der Waals surface area (Å²) in [7, 11) is 0. The number of aromatic nitrogens is 3. The number of nitro groups is 1. The molecule has 0 amide bonds. The Labute approximate surface area is 108 Å². The highest BCUT2D eigenvalue weighted by molar-refractivity contribution is 5.71. The van der Waals surface area contributed by atoms with Crippen LogP contribution in [0.5, 0.6) is 0 Å². The van der Waals surface area contributed by atoms with Crippen molar-refractivity contribution in [1.29, 1.82) is 0 Å². The second-order valence-corrected chi connectivity index (χ2v) is 4.24. The van der Waals surface area contributed by atoms with Gasteiger partial charge in [0.1, 0.15) is 11.0 Å². The monoisotopic (exact) mass is 255 g/mol. The molecule has 2 heterocycles. The van der Waals surface area contributed by atoms with Crippen LogP contribution in [0.25, 0.3) is 11.0 Å². The summed E-state index contributed by atoms with van der Waals surface area (Å²) >= 11 is 0. The van der Waals surface area contributed by atoms with Crippen molar-refractivity contribution >= 4 is 16.7 Å². The summed E-state index contributed by atoms with van der Waals surface area (Å²) < 4.78 is 2.00. The van der Waals surface area contributed by atoms with Gasteiger partial charge in [0.05, 0.1) is 11.3 Å². The molecule has 0 saturated heterocycles. The lowest BCUT2D eigenvalue weighted by molar-refractivity contribution is -0.687. The normalized spacial score (nSPS) is 10.7. The molecule has 2 aromatic heterocycles. The molecule has 0 atom stereocenters. The maximum Gasteiger partial charge on any atom is 0.269 e. The Kier molecular flexibility index (Phi) is 2.68. The number of nitro benzene ring substituents is 1. The van der Waals surface area contributed by atoms with Gasteiger partial charge in [0, 0.05) is 23.8 Å². The van der Waals surface area contributed by atoms with E-state index in [2.05, 4.69) is 9.97 Å². The molecule has 0 bridgehead atoms. The molecule has 1 aromatic carbocycles. The lowest BCUT2D eigenvalue weighted by Gasteiger charge is -1.98. The summed E-state index contributed by atoms with van der Waals surface area (Å²) in [4.78, 5) is 17.4. The zero-order chi connectivity index (χ0) is 13.2. The third-order valence-corrected chi connectivity index (χ3v) is 2.93. The minimum Gasteiger partial charge on any atom is -0.340 e. The smallest absolute Gasteiger partial charge is 0.269 e. The number of benzene rings is 1. The predicted octanol–water partition coefficient (Wildman–Crippen LogP) is 1.81. The lowest BCUT2D eigenvalue weighted by Crippen LogP contribution is -2.33. The van der Waals surface area contributed by atoms with Crippen LogP contribution >= 0.6 is 0 Å². The fourth-order valence-corrected chi connectivity index (χ4v) is 1.96. The lowest BCUT2D eigenvalue weighted by atomic mass is 10.2. The quantitative estimate of drug-likeness (QED) is 0.440. The van der Waals surface area contributed by atoms with Crippen molar-refractivity contribution in [1.82, 2.24) is 9.97 Å². The van der Waals surface area contributed by atoms with E-state index < -0.39 is 4.92 Å². The van der Waals surface area contributed by atoms with Crippen molar-refractivity contribution in [2.75, 3.05) is 0 Å². The highest BCUT2D eigenvalue weighted by Crippen LogP contribution is 2.12. The van der Waals surface area contributed by atoms with Crippen molar-refractivity contribution in [3.05, 3.63) is 64.7 Å². The Balaban J connectivity index is 1.85. The van der Waals surface area contributed by atoms with E-state index in [-0.39, 0.29) is 5.69 Å². The second-order valence-electron chi connectivity index (χ2n) is 4.24. The van der Waals surface area contributed by atoms with Crippen LogP contribution in [0.2, 0.25) is 0 Å². The van der Waals surface area contributed by atoms with E-state index >= 15 is 0 Å². The minimum atomic E-state index is -0.395. The number of fused-ring (bicyclic) bond motifs is 1. The Morgan fingerprint density at radius 2 is 2.05 bits per heavy atom. The number of H-pyrrole nitrogens is 1. The zero-order valence-electron chi connectivity index (χ0n) is 9.98. The summed E-state index contributed by atoms with van der Waals surface area (Å²) in [6.07, 6.45) is 5.55. The molecule has 3 aromatic rings. The average molecular weight is 255 g/mol. The van der Waals surface area contributed by atoms with E-state index in [1.54, 1.807) is 18.5 Å². The SMILES string of the molecule is O=[N+]([O-])c1ccc(C[n+]2ccc3nc[nH]c3c2)cc1. The van der Waals surface area contributed by atoms with Gasteiger partial charge in [-0.05, 0) is 12.1 Å². The Morgan fingerprint density at radius 1 is 1.26 bits per heavy atom. The maximum absolute atomic E-state index is 10.6. The second kappa shape index (κ2) is 4.49. The molecule has 0 fully saturated rings. The first-order valence-electron chi connectivity index (χ1n) is 5.78. The molecular weight excluding hydrogens is 244 g/mol. The van der Waals surface area contributed by atoms with Crippen LogP contribution in [-0.2, 0) is 6.54 Å². The van der Waals surface area contributed by atoms with Gasteiger partial charge in [-0.1, -0.05) is 0 Å². The summed E-state index contributed by atoms with van der Waals surface area (Å²) in [6.45, 7) is 0.660. The van der Waals surface area contributed by atoms with E-state index in [9.17, 15) is 10.1 Å². The number of aromatic amines is 1. The van der Waals surface area contributed by atoms with Crippen molar-refractivity contribution in [2.45, 2.75) is 6.54 Å². The minimum absolute atomic E-state index is 0.109. The molecule has 0 spiro atoms. The third kappa shape index (κ3) is 2.28. The van der Waals surface area contributed by atoms with E-state index in [4.69, 9.17) is 0 Å². The van der Waals surface area contributed by atoms with Gasteiger partial charge < -0.3 is 4.98 Å². The maximum atomic E-state index is 10.6. The molecule has 3 rings (SSSR count). The standard InChI is InChI=1S/C13H10N4O2/c18-17(19)11-3-1-10(2-4-11)7-16-6-5-12-13(8-16)15-9-14-12/h1-6,8-9H,7H2/p+1. The van der Waals surface area contributed by atoms with E-state index in [0.717, 1.165) is 16.6 Å². The molecular formula is C13H11N4O2+. The van der Waals surface area contributed by atoms with Gasteiger partial charge in [-0.15, -0.1) is 0 Å². The molecule has 6 nitrogen and oxygen atoms in total. The number of non-ortho nitro benzene ring substituents is 1. The van der Waals surface area contributed by atoms with Gasteiger partial charge in [-0.25, -0.2) is 4.98 Å². The molecule has 1 N–H and O–H groups in total. The molecule has 0 aliphatic heterocycles. The molecule has 6 heteroatoms. The number of pyridine rings is 1. The van der Waals surface area contributed by atoms with Crippen molar-refractivity contribution in [3.8, 4) is 0 Å². The summed E-state index contributed by atoms with van der Waals surface area (Å²) in [5.41, 5.74) is 3.00. The first kappa shape index (κ1) is 11.3. The highest BCUT2D eigenvalue weighted by atomic mass is 16.6. The zero-order valence-corrected chi connectivity index (χ0v) is 9.98. The molecule has 19 heavy (non-hydrogen) atoms. The predicted molar refractivity (Wildman–Crippen MR) is 68.5 cm³/mol. The average Bonchev–Trinajstić information content (AvgIpc) is 2.87. The summed E-state index contributed by atoms with van der Waals surface area (Å²) in [6, 6.07) is 8.50. The van der Waals surface area contributed by atoms with Gasteiger partial charge in [-0.2, -0.15) is 4.57 Å². The van der Waals surface area contributed by atoms with Crippen molar-refractivity contribution in [3.63, 3.8) is 0 Å². The van der Waals surface area contributed by atoms with Crippen molar-refractivity contribution in [2.24, 2.45) is 0 Å². The number of nitrogens with zero attached hydrogens (tertiary/aromatic N) is 3. The number of hydrogen-bond acceptors (Lipinski definition) is 3. The molecule has 0 radical (unpaired) electrons. The van der Waals surface area contributed by atoms with Crippen LogP contribution in [0.4, 0.5) is 5.69 Å². The third-order valence-electron chi connectivity index (χ3n) is 2.93. The van der Waals surface area contributed by atoms with Gasteiger partial charge >= 0.3 is 0 Å². The van der Waals surface area contributed by atoms with Crippen LogP contribution in [0.3, 0.4) is 0 Å².